The fourth-order valence-corrected chi connectivity index (χ4v) is 2.69. The van der Waals surface area contributed by atoms with Crippen LogP contribution in [-0.4, -0.2) is 15.8 Å². The quantitative estimate of drug-likeness (QED) is 0.508. The van der Waals surface area contributed by atoms with Crippen molar-refractivity contribution in [1.82, 2.24) is 9.97 Å². The lowest BCUT2D eigenvalue weighted by Gasteiger charge is -2.14. The lowest BCUT2D eigenvalue weighted by Crippen LogP contribution is -2.13. The average molecular weight is 234 g/mol. The van der Waals surface area contributed by atoms with E-state index in [2.05, 4.69) is 9.97 Å². The lowest BCUT2D eigenvalue weighted by atomic mass is 9.88. The number of ketones is 1. The third kappa shape index (κ3) is 1.13. The minimum Gasteiger partial charge on any atom is -0.342 e. The summed E-state index contributed by atoms with van der Waals surface area (Å²) in [6.07, 6.45) is 2.51. The summed E-state index contributed by atoms with van der Waals surface area (Å²) < 4.78 is 0. The Labute approximate surface area is 103 Å². The molecule has 3 nitrogen and oxygen atoms in total. The van der Waals surface area contributed by atoms with Crippen LogP contribution in [0.2, 0.25) is 0 Å². The summed E-state index contributed by atoms with van der Waals surface area (Å²) >= 11 is 0. The smallest absolute Gasteiger partial charge is 0.195 e. The number of nitrogens with zero attached hydrogens (tertiary/aromatic N) is 1. The molecule has 3 aromatic rings. The van der Waals surface area contributed by atoms with Gasteiger partial charge in [0.25, 0.3) is 0 Å². The Kier molecular flexibility index (Phi) is 1.75. The third-order valence-corrected chi connectivity index (χ3v) is 3.50. The molecule has 0 radical (unpaired) electrons. The number of benzene rings is 1. The molecular formula is C15H10N2O. The number of aromatic amines is 1. The highest BCUT2D eigenvalue weighted by Gasteiger charge is 2.26. The van der Waals surface area contributed by atoms with Crippen LogP contribution in [0.1, 0.15) is 27.2 Å². The highest BCUT2D eigenvalue weighted by molar-refractivity contribution is 6.18. The highest BCUT2D eigenvalue weighted by Crippen LogP contribution is 2.31. The molecule has 0 spiro atoms. The molecule has 3 heteroatoms. The van der Waals surface area contributed by atoms with Gasteiger partial charge in [0.05, 0.1) is 5.56 Å². The molecule has 0 unspecified atom stereocenters. The first kappa shape index (κ1) is 9.59. The molecule has 4 rings (SSSR count). The molecule has 2 heterocycles. The van der Waals surface area contributed by atoms with Gasteiger partial charge in [0, 0.05) is 29.3 Å². The summed E-state index contributed by atoms with van der Waals surface area (Å²) in [4.78, 5) is 20.1. The average Bonchev–Trinajstić information content (AvgIpc) is 2.77. The van der Waals surface area contributed by atoms with Crippen molar-refractivity contribution >= 4 is 16.8 Å². The molecule has 2 aromatic heterocycles. The second kappa shape index (κ2) is 3.29. The second-order valence-electron chi connectivity index (χ2n) is 4.54. The summed E-state index contributed by atoms with van der Waals surface area (Å²) in [5.41, 5.74) is 4.46. The monoisotopic (exact) mass is 234 g/mol. The minimum atomic E-state index is 0.103. The van der Waals surface area contributed by atoms with Gasteiger partial charge in [-0.2, -0.15) is 0 Å². The summed E-state index contributed by atoms with van der Waals surface area (Å²) in [6, 6.07) is 11.6. The van der Waals surface area contributed by atoms with Crippen molar-refractivity contribution in [2.75, 3.05) is 0 Å². The summed E-state index contributed by atoms with van der Waals surface area (Å²) in [5, 5.41) is 0.923. The van der Waals surface area contributed by atoms with Crippen molar-refractivity contribution < 1.29 is 4.79 Å². The van der Waals surface area contributed by atoms with Gasteiger partial charge in [-0.3, -0.25) is 4.79 Å². The maximum atomic E-state index is 12.5. The number of carbonyl (C=O) groups is 1. The number of rotatable bonds is 0. The molecule has 0 saturated carbocycles. The van der Waals surface area contributed by atoms with Crippen molar-refractivity contribution in [2.24, 2.45) is 0 Å². The number of hydrogen-bond acceptors (Lipinski definition) is 2. The van der Waals surface area contributed by atoms with Gasteiger partial charge in [0.2, 0.25) is 0 Å². The summed E-state index contributed by atoms with van der Waals surface area (Å²) in [6.45, 7) is 0. The molecule has 1 aliphatic rings. The van der Waals surface area contributed by atoms with Crippen LogP contribution in [0.3, 0.4) is 0 Å². The fourth-order valence-electron chi connectivity index (χ4n) is 2.69. The highest BCUT2D eigenvalue weighted by atomic mass is 16.1. The molecule has 1 N–H and O–H groups in total. The summed E-state index contributed by atoms with van der Waals surface area (Å²) in [7, 11) is 0. The van der Waals surface area contributed by atoms with E-state index in [0.29, 0.717) is 0 Å². The summed E-state index contributed by atoms with van der Waals surface area (Å²) in [5.74, 6) is 0.103. The molecule has 1 aliphatic carbocycles. The van der Waals surface area contributed by atoms with Gasteiger partial charge in [0.1, 0.15) is 5.65 Å². The van der Waals surface area contributed by atoms with Crippen LogP contribution >= 0.6 is 0 Å². The molecule has 18 heavy (non-hydrogen) atoms. The van der Waals surface area contributed by atoms with Gasteiger partial charge in [0.15, 0.2) is 5.78 Å². The van der Waals surface area contributed by atoms with E-state index in [1.165, 1.54) is 0 Å². The van der Waals surface area contributed by atoms with E-state index in [0.717, 1.165) is 39.8 Å². The van der Waals surface area contributed by atoms with E-state index in [9.17, 15) is 4.79 Å². The number of carbonyl (C=O) groups excluding carboxylic acids is 1. The molecule has 0 fully saturated rings. The predicted octanol–water partition coefficient (Wildman–Crippen LogP) is 2.70. The van der Waals surface area contributed by atoms with Crippen LogP contribution in [0.4, 0.5) is 0 Å². The number of fused-ring (bicyclic) bond motifs is 4. The number of pyridine rings is 1. The lowest BCUT2D eigenvalue weighted by molar-refractivity contribution is 0.103. The fraction of sp³-hybridized carbons (Fsp3) is 0.0667. The zero-order chi connectivity index (χ0) is 12.1. The first-order valence-corrected chi connectivity index (χ1v) is 5.93. The third-order valence-electron chi connectivity index (χ3n) is 3.50. The van der Waals surface area contributed by atoms with Crippen LogP contribution < -0.4 is 0 Å². The zero-order valence-electron chi connectivity index (χ0n) is 9.60. The molecule has 0 saturated heterocycles. The van der Waals surface area contributed by atoms with Crippen LogP contribution in [0.15, 0.2) is 42.6 Å². The van der Waals surface area contributed by atoms with Gasteiger partial charge in [-0.1, -0.05) is 24.3 Å². The number of aromatic nitrogens is 2. The molecule has 0 bridgehead atoms. The van der Waals surface area contributed by atoms with E-state index >= 15 is 0 Å². The zero-order valence-corrected chi connectivity index (χ0v) is 9.60. The van der Waals surface area contributed by atoms with Gasteiger partial charge in [-0.15, -0.1) is 0 Å². The van der Waals surface area contributed by atoms with E-state index in [4.69, 9.17) is 0 Å². The van der Waals surface area contributed by atoms with Gasteiger partial charge in [-0.25, -0.2) is 4.98 Å². The van der Waals surface area contributed by atoms with Gasteiger partial charge < -0.3 is 4.98 Å². The Hall–Kier alpha value is -2.42. The number of H-pyrrole nitrogens is 1. The first-order chi connectivity index (χ1) is 8.84. The van der Waals surface area contributed by atoms with E-state index in [1.54, 1.807) is 6.20 Å². The molecule has 86 valence electrons. The van der Waals surface area contributed by atoms with Crippen molar-refractivity contribution in [2.45, 2.75) is 6.42 Å². The normalized spacial score (nSPS) is 13.4. The Balaban J connectivity index is 2.06. The Morgan fingerprint density at radius 2 is 2.00 bits per heavy atom. The van der Waals surface area contributed by atoms with E-state index in [-0.39, 0.29) is 5.78 Å². The largest absolute Gasteiger partial charge is 0.342 e. The maximum Gasteiger partial charge on any atom is 0.195 e. The van der Waals surface area contributed by atoms with Crippen LogP contribution in [-0.2, 0) is 6.42 Å². The molecule has 0 atom stereocenters. The number of nitrogens with one attached hydrogen (secondary N) is 1. The van der Waals surface area contributed by atoms with Crippen molar-refractivity contribution in [1.29, 1.82) is 0 Å². The maximum absolute atomic E-state index is 12.5. The molecule has 1 aromatic carbocycles. The van der Waals surface area contributed by atoms with E-state index in [1.807, 2.05) is 36.4 Å². The first-order valence-electron chi connectivity index (χ1n) is 5.93. The van der Waals surface area contributed by atoms with E-state index < -0.39 is 0 Å². The SMILES string of the molecule is O=C1c2ccccc2Cc2[nH]c3ncccc3c21. The Bertz CT molecular complexity index is 786. The predicted molar refractivity (Wildman–Crippen MR) is 68.8 cm³/mol. The van der Waals surface area contributed by atoms with Crippen molar-refractivity contribution in [3.8, 4) is 0 Å². The van der Waals surface area contributed by atoms with Crippen LogP contribution in [0.25, 0.3) is 11.0 Å². The number of hydrogen-bond donors (Lipinski definition) is 1. The molecule has 0 aliphatic heterocycles. The molecule has 0 amide bonds. The topological polar surface area (TPSA) is 45.8 Å². The van der Waals surface area contributed by atoms with Crippen LogP contribution in [0.5, 0.6) is 0 Å². The van der Waals surface area contributed by atoms with Crippen molar-refractivity contribution in [3.63, 3.8) is 0 Å². The molecular weight excluding hydrogens is 224 g/mol. The van der Waals surface area contributed by atoms with Crippen LogP contribution in [0, 0.1) is 0 Å². The Morgan fingerprint density at radius 3 is 2.94 bits per heavy atom. The van der Waals surface area contributed by atoms with Gasteiger partial charge in [-0.05, 0) is 17.7 Å². The Morgan fingerprint density at radius 1 is 1.11 bits per heavy atom. The van der Waals surface area contributed by atoms with Gasteiger partial charge >= 0.3 is 0 Å². The second-order valence-corrected chi connectivity index (χ2v) is 4.54. The standard InChI is InChI=1S/C15H10N2O/c18-14-10-5-2-1-4-9(10)8-12-13(14)11-6-3-7-16-15(11)17-12/h1-7H,8H2,(H,16,17). The minimum absolute atomic E-state index is 0.103. The van der Waals surface area contributed by atoms with Crippen molar-refractivity contribution in [3.05, 3.63) is 65.0 Å².